The quantitative estimate of drug-likeness (QED) is 0.444. The molecular formula is C20H21FN2O4. The van der Waals surface area contributed by atoms with Crippen LogP contribution < -0.4 is 4.90 Å². The smallest absolute Gasteiger partial charge is 0.338 e. The highest BCUT2D eigenvalue weighted by atomic mass is 19.1. The van der Waals surface area contributed by atoms with E-state index in [-0.39, 0.29) is 23.7 Å². The molecule has 142 valence electrons. The maximum Gasteiger partial charge on any atom is 0.338 e. The predicted molar refractivity (Wildman–Crippen MR) is 99.2 cm³/mol. The lowest BCUT2D eigenvalue weighted by molar-refractivity contribution is -0.384. The fraction of sp³-hybridized carbons (Fsp3) is 0.350. The van der Waals surface area contributed by atoms with Crippen LogP contribution in [0, 0.1) is 21.8 Å². The molecule has 7 heteroatoms. The molecule has 1 aliphatic heterocycles. The van der Waals surface area contributed by atoms with E-state index in [1.165, 1.54) is 30.3 Å². The largest absolute Gasteiger partial charge is 0.457 e. The molecule has 0 saturated carbocycles. The first-order valence-corrected chi connectivity index (χ1v) is 8.89. The van der Waals surface area contributed by atoms with Gasteiger partial charge in [-0.2, -0.15) is 0 Å². The van der Waals surface area contributed by atoms with E-state index < -0.39 is 10.9 Å². The normalized spacial score (nSPS) is 16.8. The Morgan fingerprint density at radius 1 is 1.30 bits per heavy atom. The van der Waals surface area contributed by atoms with Crippen molar-refractivity contribution in [3.05, 3.63) is 69.5 Å². The lowest BCUT2D eigenvalue weighted by atomic mass is 9.99. The summed E-state index contributed by atoms with van der Waals surface area (Å²) in [5.74, 6) is -0.553. The second kappa shape index (κ2) is 8.16. The lowest BCUT2D eigenvalue weighted by Crippen LogP contribution is -2.34. The average Bonchev–Trinajstić information content (AvgIpc) is 2.66. The zero-order chi connectivity index (χ0) is 19.4. The van der Waals surface area contributed by atoms with E-state index in [0.717, 1.165) is 25.9 Å². The molecule has 0 amide bonds. The minimum absolute atomic E-state index is 0.0295. The van der Waals surface area contributed by atoms with Gasteiger partial charge in [-0.1, -0.05) is 19.1 Å². The number of nitrogens with zero attached hydrogens (tertiary/aromatic N) is 2. The third-order valence-electron chi connectivity index (χ3n) is 4.69. The number of carbonyl (C=O) groups is 1. The van der Waals surface area contributed by atoms with Gasteiger partial charge in [-0.05, 0) is 48.6 Å². The van der Waals surface area contributed by atoms with Crippen molar-refractivity contribution in [1.82, 2.24) is 0 Å². The highest BCUT2D eigenvalue weighted by Crippen LogP contribution is 2.32. The molecule has 2 aromatic rings. The van der Waals surface area contributed by atoms with Gasteiger partial charge in [0.15, 0.2) is 0 Å². The van der Waals surface area contributed by atoms with Gasteiger partial charge in [-0.3, -0.25) is 10.1 Å². The first-order valence-electron chi connectivity index (χ1n) is 8.89. The summed E-state index contributed by atoms with van der Waals surface area (Å²) in [4.78, 5) is 25.3. The Hall–Kier alpha value is -2.96. The van der Waals surface area contributed by atoms with Crippen molar-refractivity contribution in [2.24, 2.45) is 5.92 Å². The number of ether oxygens (including phenoxy) is 1. The number of rotatable bonds is 5. The topological polar surface area (TPSA) is 72.7 Å². The molecule has 1 aliphatic rings. The number of esters is 1. The molecule has 0 spiro atoms. The van der Waals surface area contributed by atoms with Gasteiger partial charge in [0.05, 0.1) is 10.5 Å². The van der Waals surface area contributed by atoms with Crippen LogP contribution in [0.1, 0.15) is 35.7 Å². The Labute approximate surface area is 156 Å². The SMILES string of the molecule is C[C@@H]1CCCN(c2ccc(C(=O)OCc3ccc(F)cc3)cc2[N+](=O)[O-])C1. The van der Waals surface area contributed by atoms with Crippen molar-refractivity contribution in [3.8, 4) is 0 Å². The second-order valence-electron chi connectivity index (χ2n) is 6.86. The van der Waals surface area contributed by atoms with Gasteiger partial charge < -0.3 is 9.64 Å². The molecule has 0 aromatic heterocycles. The highest BCUT2D eigenvalue weighted by molar-refractivity contribution is 5.91. The zero-order valence-corrected chi connectivity index (χ0v) is 15.1. The summed E-state index contributed by atoms with van der Waals surface area (Å²) in [6, 6.07) is 10.0. The van der Waals surface area contributed by atoms with Gasteiger partial charge >= 0.3 is 5.97 Å². The molecule has 0 N–H and O–H groups in total. The van der Waals surface area contributed by atoms with Gasteiger partial charge in [0.2, 0.25) is 0 Å². The van der Waals surface area contributed by atoms with Crippen molar-refractivity contribution >= 4 is 17.3 Å². The van der Waals surface area contributed by atoms with E-state index in [2.05, 4.69) is 6.92 Å². The van der Waals surface area contributed by atoms with Crippen LogP contribution in [0.15, 0.2) is 42.5 Å². The Kier molecular flexibility index (Phi) is 5.69. The van der Waals surface area contributed by atoms with Crippen LogP contribution in [0.3, 0.4) is 0 Å². The molecule has 0 radical (unpaired) electrons. The molecule has 2 aromatic carbocycles. The van der Waals surface area contributed by atoms with E-state index in [9.17, 15) is 19.3 Å². The van der Waals surface area contributed by atoms with E-state index in [1.807, 2.05) is 4.90 Å². The van der Waals surface area contributed by atoms with Crippen LogP contribution >= 0.6 is 0 Å². The summed E-state index contributed by atoms with van der Waals surface area (Å²) < 4.78 is 18.1. The van der Waals surface area contributed by atoms with Crippen LogP contribution in [0.5, 0.6) is 0 Å². The number of hydrogen-bond acceptors (Lipinski definition) is 5. The number of halogens is 1. The van der Waals surface area contributed by atoms with Gasteiger partial charge in [0, 0.05) is 19.2 Å². The lowest BCUT2D eigenvalue weighted by Gasteiger charge is -2.32. The highest BCUT2D eigenvalue weighted by Gasteiger charge is 2.25. The molecule has 27 heavy (non-hydrogen) atoms. The molecule has 0 bridgehead atoms. The fourth-order valence-electron chi connectivity index (χ4n) is 3.29. The van der Waals surface area contributed by atoms with Crippen LogP contribution in [0.2, 0.25) is 0 Å². The van der Waals surface area contributed by atoms with Crippen LogP contribution in [-0.4, -0.2) is 24.0 Å². The first kappa shape index (κ1) is 18.8. The van der Waals surface area contributed by atoms with Crippen molar-refractivity contribution in [2.45, 2.75) is 26.4 Å². The summed E-state index contributed by atoms with van der Waals surface area (Å²) in [6.07, 6.45) is 2.10. The Bertz CT molecular complexity index is 838. The van der Waals surface area contributed by atoms with Crippen LogP contribution in [0.4, 0.5) is 15.8 Å². The van der Waals surface area contributed by atoms with Gasteiger partial charge in [-0.15, -0.1) is 0 Å². The fourth-order valence-corrected chi connectivity index (χ4v) is 3.29. The Morgan fingerprint density at radius 2 is 2.04 bits per heavy atom. The van der Waals surface area contributed by atoms with E-state index in [4.69, 9.17) is 4.74 Å². The summed E-state index contributed by atoms with van der Waals surface area (Å²) in [5.41, 5.74) is 1.19. The number of nitro groups is 1. The van der Waals surface area contributed by atoms with E-state index in [1.54, 1.807) is 12.1 Å². The van der Waals surface area contributed by atoms with E-state index >= 15 is 0 Å². The Morgan fingerprint density at radius 3 is 2.70 bits per heavy atom. The molecule has 0 unspecified atom stereocenters. The summed E-state index contributed by atoms with van der Waals surface area (Å²) in [5, 5.41) is 11.5. The molecule has 1 atom stereocenters. The number of hydrogen-bond donors (Lipinski definition) is 0. The van der Waals surface area contributed by atoms with Crippen molar-refractivity contribution in [2.75, 3.05) is 18.0 Å². The second-order valence-corrected chi connectivity index (χ2v) is 6.86. The number of piperidine rings is 1. The summed E-state index contributed by atoms with van der Waals surface area (Å²) in [7, 11) is 0. The molecule has 6 nitrogen and oxygen atoms in total. The van der Waals surface area contributed by atoms with Gasteiger partial charge in [0.1, 0.15) is 18.1 Å². The van der Waals surface area contributed by atoms with Gasteiger partial charge in [-0.25, -0.2) is 9.18 Å². The Balaban J connectivity index is 1.75. The molecule has 1 fully saturated rings. The minimum atomic E-state index is -0.652. The molecular weight excluding hydrogens is 351 g/mol. The maximum atomic E-state index is 12.9. The number of benzene rings is 2. The predicted octanol–water partition coefficient (Wildman–Crippen LogP) is 4.33. The third kappa shape index (κ3) is 4.61. The third-order valence-corrected chi connectivity index (χ3v) is 4.69. The number of carbonyl (C=O) groups excluding carboxylic acids is 1. The number of nitro benzene ring substituents is 1. The van der Waals surface area contributed by atoms with Crippen molar-refractivity contribution in [3.63, 3.8) is 0 Å². The molecule has 1 heterocycles. The summed E-state index contributed by atoms with van der Waals surface area (Å²) in [6.45, 7) is 3.62. The van der Waals surface area contributed by atoms with Gasteiger partial charge in [0.25, 0.3) is 5.69 Å². The summed E-state index contributed by atoms with van der Waals surface area (Å²) >= 11 is 0. The van der Waals surface area contributed by atoms with Crippen LogP contribution in [-0.2, 0) is 11.3 Å². The monoisotopic (exact) mass is 372 g/mol. The van der Waals surface area contributed by atoms with Crippen molar-refractivity contribution in [1.29, 1.82) is 0 Å². The van der Waals surface area contributed by atoms with Crippen LogP contribution in [0.25, 0.3) is 0 Å². The molecule has 1 saturated heterocycles. The van der Waals surface area contributed by atoms with E-state index in [0.29, 0.717) is 17.2 Å². The van der Waals surface area contributed by atoms with Crippen molar-refractivity contribution < 1.29 is 18.8 Å². The minimum Gasteiger partial charge on any atom is -0.457 e. The number of anilines is 1. The average molecular weight is 372 g/mol. The standard InChI is InChI=1S/C20H21FN2O4/c1-14-3-2-10-22(12-14)18-9-6-16(11-19(18)23(25)26)20(24)27-13-15-4-7-17(21)8-5-15/h4-9,11,14H,2-3,10,12-13H2,1H3/t14-/m1/s1. The molecule has 0 aliphatic carbocycles. The molecule has 3 rings (SSSR count). The first-order chi connectivity index (χ1) is 12.9. The maximum absolute atomic E-state index is 12.9. The zero-order valence-electron chi connectivity index (χ0n) is 15.1.